The van der Waals surface area contributed by atoms with E-state index >= 15 is 0 Å². The van der Waals surface area contributed by atoms with Crippen LogP contribution in [0.5, 0.6) is 5.75 Å². The smallest absolute Gasteiger partial charge is 0.163 e. The number of hydrogen-bond acceptors (Lipinski definition) is 2. The van der Waals surface area contributed by atoms with Gasteiger partial charge in [-0.2, -0.15) is 0 Å². The van der Waals surface area contributed by atoms with E-state index in [9.17, 15) is 9.90 Å². The van der Waals surface area contributed by atoms with Crippen LogP contribution in [0.2, 0.25) is 0 Å². The van der Waals surface area contributed by atoms with E-state index in [0.717, 1.165) is 11.1 Å². The van der Waals surface area contributed by atoms with Crippen molar-refractivity contribution in [2.24, 2.45) is 0 Å². The summed E-state index contributed by atoms with van der Waals surface area (Å²) in [4.78, 5) is 11.4. The molecular weight excluding hydrogens is 212 g/mol. The van der Waals surface area contributed by atoms with Crippen LogP contribution in [-0.2, 0) is 0 Å². The van der Waals surface area contributed by atoms with E-state index in [1.807, 2.05) is 43.3 Å². The molecule has 2 rings (SSSR count). The Hall–Kier alpha value is -2.09. The van der Waals surface area contributed by atoms with Crippen molar-refractivity contribution in [2.75, 3.05) is 0 Å². The van der Waals surface area contributed by atoms with Crippen LogP contribution < -0.4 is 0 Å². The van der Waals surface area contributed by atoms with Gasteiger partial charge in [0.25, 0.3) is 0 Å². The second kappa shape index (κ2) is 4.42. The van der Waals surface area contributed by atoms with E-state index in [0.29, 0.717) is 11.1 Å². The second-order valence-electron chi connectivity index (χ2n) is 4.13. The zero-order valence-electron chi connectivity index (χ0n) is 9.90. The predicted octanol–water partition coefficient (Wildman–Crippen LogP) is 3.57. The highest BCUT2D eigenvalue weighted by Gasteiger charge is 2.13. The standard InChI is InChI=1S/C15H14O2/c1-10-8-13(11(2)16)15(17)14(9-10)12-6-4-3-5-7-12/h3-9,17H,1-2H3. The van der Waals surface area contributed by atoms with Crippen molar-refractivity contribution in [3.05, 3.63) is 53.6 Å². The number of Topliss-reactive ketones (excluding diaryl/α,β-unsaturated/α-hetero) is 1. The van der Waals surface area contributed by atoms with Crippen molar-refractivity contribution < 1.29 is 9.90 Å². The van der Waals surface area contributed by atoms with Crippen LogP contribution in [0.1, 0.15) is 22.8 Å². The number of ketones is 1. The van der Waals surface area contributed by atoms with E-state index in [4.69, 9.17) is 0 Å². The maximum Gasteiger partial charge on any atom is 0.163 e. The molecule has 0 fully saturated rings. The Morgan fingerprint density at radius 2 is 1.76 bits per heavy atom. The summed E-state index contributed by atoms with van der Waals surface area (Å²) in [6.07, 6.45) is 0. The zero-order chi connectivity index (χ0) is 12.4. The van der Waals surface area contributed by atoms with Gasteiger partial charge < -0.3 is 5.11 Å². The molecule has 0 saturated heterocycles. The van der Waals surface area contributed by atoms with Crippen molar-refractivity contribution in [2.45, 2.75) is 13.8 Å². The highest BCUT2D eigenvalue weighted by atomic mass is 16.3. The van der Waals surface area contributed by atoms with E-state index in [1.54, 1.807) is 6.07 Å². The Morgan fingerprint density at radius 3 is 2.35 bits per heavy atom. The molecule has 1 N–H and O–H groups in total. The molecule has 2 aromatic carbocycles. The Bertz CT molecular complexity index is 557. The number of benzene rings is 2. The van der Waals surface area contributed by atoms with Gasteiger partial charge in [-0.3, -0.25) is 4.79 Å². The molecule has 0 heterocycles. The van der Waals surface area contributed by atoms with Crippen LogP contribution >= 0.6 is 0 Å². The maximum atomic E-state index is 11.4. The number of carbonyl (C=O) groups is 1. The molecule has 0 unspecified atom stereocenters. The molecule has 0 saturated carbocycles. The number of aromatic hydroxyl groups is 1. The summed E-state index contributed by atoms with van der Waals surface area (Å²) in [5.74, 6) is -0.0577. The van der Waals surface area contributed by atoms with Gasteiger partial charge in [-0.1, -0.05) is 30.3 Å². The minimum atomic E-state index is -0.122. The first-order chi connectivity index (χ1) is 8.09. The topological polar surface area (TPSA) is 37.3 Å². The third kappa shape index (κ3) is 2.21. The van der Waals surface area contributed by atoms with Crippen molar-refractivity contribution >= 4 is 5.78 Å². The molecule has 2 aromatic rings. The van der Waals surface area contributed by atoms with Crippen LogP contribution in [0.25, 0.3) is 11.1 Å². The van der Waals surface area contributed by atoms with Gasteiger partial charge in [-0.25, -0.2) is 0 Å². The first kappa shape index (κ1) is 11.4. The van der Waals surface area contributed by atoms with Gasteiger partial charge in [0.1, 0.15) is 5.75 Å². The van der Waals surface area contributed by atoms with Crippen LogP contribution in [0.15, 0.2) is 42.5 Å². The third-order valence-corrected chi connectivity index (χ3v) is 2.72. The lowest BCUT2D eigenvalue weighted by Crippen LogP contribution is -1.95. The quantitative estimate of drug-likeness (QED) is 0.795. The number of aryl methyl sites for hydroxylation is 1. The fourth-order valence-electron chi connectivity index (χ4n) is 1.88. The monoisotopic (exact) mass is 226 g/mol. The molecule has 17 heavy (non-hydrogen) atoms. The summed E-state index contributed by atoms with van der Waals surface area (Å²) in [5.41, 5.74) is 2.96. The van der Waals surface area contributed by atoms with Gasteiger partial charge >= 0.3 is 0 Å². The summed E-state index contributed by atoms with van der Waals surface area (Å²) >= 11 is 0. The molecule has 0 radical (unpaired) electrons. The SMILES string of the molecule is CC(=O)c1cc(C)cc(-c2ccccc2)c1O. The van der Waals surface area contributed by atoms with Gasteiger partial charge in [-0.05, 0) is 37.1 Å². The number of phenolic OH excluding ortho intramolecular Hbond substituents is 1. The van der Waals surface area contributed by atoms with Gasteiger partial charge in [0, 0.05) is 5.56 Å². The first-order valence-corrected chi connectivity index (χ1v) is 5.49. The molecule has 0 atom stereocenters. The van der Waals surface area contributed by atoms with Crippen molar-refractivity contribution in [1.29, 1.82) is 0 Å². The zero-order valence-corrected chi connectivity index (χ0v) is 9.90. The fourth-order valence-corrected chi connectivity index (χ4v) is 1.88. The highest BCUT2D eigenvalue weighted by molar-refractivity contribution is 5.99. The van der Waals surface area contributed by atoms with Gasteiger partial charge in [0.15, 0.2) is 5.78 Å². The van der Waals surface area contributed by atoms with Crippen molar-refractivity contribution in [3.63, 3.8) is 0 Å². The van der Waals surface area contributed by atoms with Crippen LogP contribution in [-0.4, -0.2) is 10.9 Å². The fraction of sp³-hybridized carbons (Fsp3) is 0.133. The predicted molar refractivity (Wildman–Crippen MR) is 68.3 cm³/mol. The Labute approximate surface area is 101 Å². The van der Waals surface area contributed by atoms with Crippen molar-refractivity contribution in [3.8, 4) is 16.9 Å². The summed E-state index contributed by atoms with van der Waals surface area (Å²) in [6.45, 7) is 3.38. The Morgan fingerprint density at radius 1 is 1.12 bits per heavy atom. The van der Waals surface area contributed by atoms with E-state index in [1.165, 1.54) is 6.92 Å². The minimum absolute atomic E-state index is 0.0642. The normalized spacial score (nSPS) is 10.2. The van der Waals surface area contributed by atoms with Crippen LogP contribution in [0.4, 0.5) is 0 Å². The molecule has 0 aromatic heterocycles. The number of rotatable bonds is 2. The second-order valence-corrected chi connectivity index (χ2v) is 4.13. The maximum absolute atomic E-state index is 11.4. The molecule has 0 amide bonds. The molecule has 2 nitrogen and oxygen atoms in total. The van der Waals surface area contributed by atoms with Gasteiger partial charge in [0.2, 0.25) is 0 Å². The molecule has 0 bridgehead atoms. The van der Waals surface area contributed by atoms with E-state index in [-0.39, 0.29) is 11.5 Å². The molecule has 0 spiro atoms. The minimum Gasteiger partial charge on any atom is -0.507 e. The molecule has 86 valence electrons. The average molecular weight is 226 g/mol. The summed E-state index contributed by atoms with van der Waals surface area (Å²) < 4.78 is 0. The van der Waals surface area contributed by atoms with Gasteiger partial charge in [-0.15, -0.1) is 0 Å². The molecular formula is C15H14O2. The van der Waals surface area contributed by atoms with E-state index < -0.39 is 0 Å². The summed E-state index contributed by atoms with van der Waals surface area (Å²) in [6, 6.07) is 13.2. The number of carbonyl (C=O) groups excluding carboxylic acids is 1. The third-order valence-electron chi connectivity index (χ3n) is 2.72. The number of hydrogen-bond donors (Lipinski definition) is 1. The van der Waals surface area contributed by atoms with Crippen molar-refractivity contribution in [1.82, 2.24) is 0 Å². The van der Waals surface area contributed by atoms with Gasteiger partial charge in [0.05, 0.1) is 5.56 Å². The lowest BCUT2D eigenvalue weighted by molar-refractivity contribution is 0.101. The Balaban J connectivity index is 2.67. The first-order valence-electron chi connectivity index (χ1n) is 5.49. The largest absolute Gasteiger partial charge is 0.507 e. The summed E-state index contributed by atoms with van der Waals surface area (Å²) in [7, 11) is 0. The lowest BCUT2D eigenvalue weighted by Gasteiger charge is -2.09. The van der Waals surface area contributed by atoms with Crippen LogP contribution in [0.3, 0.4) is 0 Å². The molecule has 0 aliphatic carbocycles. The lowest BCUT2D eigenvalue weighted by atomic mass is 9.97. The average Bonchev–Trinajstić information content (AvgIpc) is 2.32. The highest BCUT2D eigenvalue weighted by Crippen LogP contribution is 2.33. The number of phenols is 1. The molecule has 0 aliphatic heterocycles. The summed E-state index contributed by atoms with van der Waals surface area (Å²) in [5, 5.41) is 10.1. The Kier molecular flexibility index (Phi) is 2.96. The van der Waals surface area contributed by atoms with E-state index in [2.05, 4.69) is 0 Å². The molecule has 0 aliphatic rings. The van der Waals surface area contributed by atoms with Crippen LogP contribution in [0, 0.1) is 6.92 Å². The molecule has 2 heteroatoms.